The minimum atomic E-state index is -5.09. The first-order chi connectivity index (χ1) is 11.1. The van der Waals surface area contributed by atoms with Gasteiger partial charge in [-0.25, -0.2) is 4.79 Å². The smallest absolute Gasteiger partial charge is 0.417 e. The second-order valence-electron chi connectivity index (χ2n) is 5.27. The molecule has 0 aliphatic heterocycles. The van der Waals surface area contributed by atoms with Gasteiger partial charge < -0.3 is 4.74 Å². The largest absolute Gasteiger partial charge is 0.462 e. The normalized spacial score (nSPS) is 12.3. The Hall–Kier alpha value is -1.73. The zero-order valence-corrected chi connectivity index (χ0v) is 13.1. The van der Waals surface area contributed by atoms with Crippen LogP contribution in [0.1, 0.15) is 60.5 Å². The fourth-order valence-electron chi connectivity index (χ4n) is 2.19. The molecule has 136 valence electrons. The van der Waals surface area contributed by atoms with E-state index in [4.69, 9.17) is 0 Å². The summed E-state index contributed by atoms with van der Waals surface area (Å²) >= 11 is 0. The third-order valence-electron chi connectivity index (χ3n) is 3.36. The first-order valence-electron chi connectivity index (χ1n) is 7.53. The molecule has 0 fully saturated rings. The molecule has 0 amide bonds. The zero-order valence-electron chi connectivity index (χ0n) is 13.1. The number of carbonyl (C=O) groups excluding carboxylic acids is 1. The number of ether oxygens (including phenoxy) is 1. The molecule has 1 aromatic carbocycles. The van der Waals surface area contributed by atoms with E-state index in [-0.39, 0.29) is 6.61 Å². The lowest BCUT2D eigenvalue weighted by molar-refractivity contribution is -0.144. The standard InChI is InChI=1S/C16H18F6O2/c1-2-3-4-5-6-10-24-14(23)13-11(15(17,18)19)8-7-9-12(13)16(20,21)22/h7-9H,2-6,10H2,1H3. The average molecular weight is 356 g/mol. The van der Waals surface area contributed by atoms with Crippen LogP contribution in [0.4, 0.5) is 26.3 Å². The van der Waals surface area contributed by atoms with Crippen LogP contribution in [0, 0.1) is 0 Å². The van der Waals surface area contributed by atoms with Gasteiger partial charge in [0.25, 0.3) is 0 Å². The molecule has 0 unspecified atom stereocenters. The summed E-state index contributed by atoms with van der Waals surface area (Å²) < 4.78 is 82.2. The molecule has 2 nitrogen and oxygen atoms in total. The van der Waals surface area contributed by atoms with Crippen molar-refractivity contribution in [2.24, 2.45) is 0 Å². The van der Waals surface area contributed by atoms with E-state index in [9.17, 15) is 31.1 Å². The Bertz CT molecular complexity index is 516. The van der Waals surface area contributed by atoms with Crippen LogP contribution in [0.2, 0.25) is 0 Å². The molecule has 0 aliphatic rings. The van der Waals surface area contributed by atoms with E-state index >= 15 is 0 Å². The van der Waals surface area contributed by atoms with Gasteiger partial charge in [-0.3, -0.25) is 0 Å². The molecule has 24 heavy (non-hydrogen) atoms. The van der Waals surface area contributed by atoms with Crippen molar-refractivity contribution in [2.75, 3.05) is 6.61 Å². The Morgan fingerprint density at radius 1 is 0.917 bits per heavy atom. The Morgan fingerprint density at radius 2 is 1.42 bits per heavy atom. The second-order valence-corrected chi connectivity index (χ2v) is 5.27. The maximum absolute atomic E-state index is 12.9. The van der Waals surface area contributed by atoms with Gasteiger partial charge in [0.1, 0.15) is 0 Å². The van der Waals surface area contributed by atoms with Gasteiger partial charge in [-0.2, -0.15) is 26.3 Å². The van der Waals surface area contributed by atoms with Crippen molar-refractivity contribution >= 4 is 5.97 Å². The van der Waals surface area contributed by atoms with Crippen LogP contribution >= 0.6 is 0 Å². The maximum Gasteiger partial charge on any atom is 0.417 e. The highest BCUT2D eigenvalue weighted by molar-refractivity contribution is 5.93. The number of alkyl halides is 6. The highest BCUT2D eigenvalue weighted by Gasteiger charge is 2.43. The van der Waals surface area contributed by atoms with Crippen molar-refractivity contribution in [3.8, 4) is 0 Å². The molecule has 8 heteroatoms. The quantitative estimate of drug-likeness (QED) is 0.348. The number of benzene rings is 1. The number of hydrogen-bond acceptors (Lipinski definition) is 2. The molecule has 1 aromatic rings. The Labute approximate surface area is 135 Å². The van der Waals surface area contributed by atoms with Gasteiger partial charge in [0.15, 0.2) is 0 Å². The molecule has 0 radical (unpaired) electrons. The molecule has 0 N–H and O–H groups in total. The van der Waals surface area contributed by atoms with Crippen LogP contribution < -0.4 is 0 Å². The lowest BCUT2D eigenvalue weighted by Gasteiger charge is -2.17. The summed E-state index contributed by atoms with van der Waals surface area (Å²) in [5, 5.41) is 0. The summed E-state index contributed by atoms with van der Waals surface area (Å²) in [5.74, 6) is -1.61. The van der Waals surface area contributed by atoms with Gasteiger partial charge in [0, 0.05) is 0 Å². The van der Waals surface area contributed by atoms with Crippen molar-refractivity contribution in [1.82, 2.24) is 0 Å². The summed E-state index contributed by atoms with van der Waals surface area (Å²) in [6, 6.07) is 1.49. The lowest BCUT2D eigenvalue weighted by Crippen LogP contribution is -2.21. The molecule has 0 bridgehead atoms. The summed E-state index contributed by atoms with van der Waals surface area (Å²) in [6.07, 6.45) is -6.29. The van der Waals surface area contributed by atoms with Gasteiger partial charge in [-0.15, -0.1) is 0 Å². The highest BCUT2D eigenvalue weighted by atomic mass is 19.4. The predicted molar refractivity (Wildman–Crippen MR) is 75.5 cm³/mol. The van der Waals surface area contributed by atoms with Gasteiger partial charge in [0.05, 0.1) is 23.3 Å². The number of carbonyl (C=O) groups is 1. The lowest BCUT2D eigenvalue weighted by atomic mass is 10.00. The van der Waals surface area contributed by atoms with E-state index in [0.717, 1.165) is 19.3 Å². The van der Waals surface area contributed by atoms with Gasteiger partial charge in [-0.05, 0) is 18.6 Å². The molecule has 0 spiro atoms. The van der Waals surface area contributed by atoms with Crippen LogP contribution in [0.3, 0.4) is 0 Å². The third-order valence-corrected chi connectivity index (χ3v) is 3.36. The molecule has 0 saturated heterocycles. The number of esters is 1. The highest BCUT2D eigenvalue weighted by Crippen LogP contribution is 2.39. The minimum absolute atomic E-state index is 0.216. The predicted octanol–water partition coefficient (Wildman–Crippen LogP) is 5.85. The number of halogens is 6. The van der Waals surface area contributed by atoms with Crippen LogP contribution in [0.25, 0.3) is 0 Å². The van der Waals surface area contributed by atoms with Crippen molar-refractivity contribution < 1.29 is 35.9 Å². The second kappa shape index (κ2) is 8.39. The van der Waals surface area contributed by atoms with Crippen LogP contribution in [-0.2, 0) is 17.1 Å². The Morgan fingerprint density at radius 3 is 1.88 bits per heavy atom. The fourth-order valence-corrected chi connectivity index (χ4v) is 2.19. The van der Waals surface area contributed by atoms with Crippen molar-refractivity contribution in [3.63, 3.8) is 0 Å². The van der Waals surface area contributed by atoms with E-state index in [1.165, 1.54) is 0 Å². The molecule has 0 aromatic heterocycles. The molecule has 0 saturated carbocycles. The topological polar surface area (TPSA) is 26.3 Å². The van der Waals surface area contributed by atoms with Crippen molar-refractivity contribution in [3.05, 3.63) is 34.9 Å². The molecule has 0 aliphatic carbocycles. The maximum atomic E-state index is 12.9. The van der Waals surface area contributed by atoms with Crippen LogP contribution in [0.5, 0.6) is 0 Å². The Balaban J connectivity index is 2.96. The summed E-state index contributed by atoms with van der Waals surface area (Å²) in [4.78, 5) is 11.8. The number of hydrogen-bond donors (Lipinski definition) is 0. The summed E-state index contributed by atoms with van der Waals surface area (Å²) in [7, 11) is 0. The van der Waals surface area contributed by atoms with Crippen LogP contribution in [0.15, 0.2) is 18.2 Å². The number of unbranched alkanes of at least 4 members (excludes halogenated alkanes) is 4. The fraction of sp³-hybridized carbons (Fsp3) is 0.562. The van der Waals surface area contributed by atoms with Gasteiger partial charge in [0.2, 0.25) is 0 Å². The number of rotatable bonds is 7. The summed E-state index contributed by atoms with van der Waals surface area (Å²) in [6.45, 7) is 1.78. The van der Waals surface area contributed by atoms with Crippen molar-refractivity contribution in [2.45, 2.75) is 51.4 Å². The van der Waals surface area contributed by atoms with Gasteiger partial charge >= 0.3 is 18.3 Å². The molecule has 0 atom stereocenters. The van der Waals surface area contributed by atoms with E-state index < -0.39 is 35.0 Å². The zero-order chi connectivity index (χ0) is 18.4. The van der Waals surface area contributed by atoms with E-state index in [2.05, 4.69) is 4.74 Å². The third kappa shape index (κ3) is 5.72. The first kappa shape index (κ1) is 20.3. The summed E-state index contributed by atoms with van der Waals surface area (Å²) in [5.41, 5.74) is -4.77. The SMILES string of the molecule is CCCCCCCOC(=O)c1c(C(F)(F)F)cccc1C(F)(F)F. The molecular weight excluding hydrogens is 338 g/mol. The van der Waals surface area contributed by atoms with Gasteiger partial charge in [-0.1, -0.05) is 38.7 Å². The first-order valence-corrected chi connectivity index (χ1v) is 7.53. The average Bonchev–Trinajstić information content (AvgIpc) is 2.48. The molecule has 1 rings (SSSR count). The molecular formula is C16H18F6O2. The Kier molecular flexibility index (Phi) is 7.10. The van der Waals surface area contributed by atoms with E-state index in [1.54, 1.807) is 0 Å². The van der Waals surface area contributed by atoms with Crippen molar-refractivity contribution in [1.29, 1.82) is 0 Å². The molecule has 0 heterocycles. The minimum Gasteiger partial charge on any atom is -0.462 e. The van der Waals surface area contributed by atoms with E-state index in [1.807, 2.05) is 6.92 Å². The monoisotopic (exact) mass is 356 g/mol. The van der Waals surface area contributed by atoms with Crippen LogP contribution in [-0.4, -0.2) is 12.6 Å². The van der Waals surface area contributed by atoms with E-state index in [0.29, 0.717) is 31.0 Å².